The summed E-state index contributed by atoms with van der Waals surface area (Å²) in [6, 6.07) is 9.96. The predicted octanol–water partition coefficient (Wildman–Crippen LogP) is 3.03. The summed E-state index contributed by atoms with van der Waals surface area (Å²) in [5, 5.41) is 10.3. The van der Waals surface area contributed by atoms with E-state index in [1.54, 1.807) is 0 Å². The van der Waals surface area contributed by atoms with Crippen LogP contribution in [0.15, 0.2) is 30.3 Å². The van der Waals surface area contributed by atoms with Crippen molar-refractivity contribution in [2.24, 2.45) is 5.92 Å². The summed E-state index contributed by atoms with van der Waals surface area (Å²) in [5.74, 6) is 0.533. The van der Waals surface area contributed by atoms with E-state index in [0.717, 1.165) is 36.1 Å². The maximum atomic E-state index is 12.5. The van der Waals surface area contributed by atoms with Gasteiger partial charge in [-0.05, 0) is 37.7 Å². The third kappa shape index (κ3) is 2.84. The van der Waals surface area contributed by atoms with Gasteiger partial charge in [0.1, 0.15) is 0 Å². The highest BCUT2D eigenvalue weighted by molar-refractivity contribution is 5.94. The molecule has 2 N–H and O–H groups in total. The van der Waals surface area contributed by atoms with Gasteiger partial charge in [-0.25, -0.2) is 0 Å². The maximum absolute atomic E-state index is 12.5. The fourth-order valence-electron chi connectivity index (χ4n) is 2.95. The number of aromatic nitrogens is 2. The molecule has 0 aliphatic heterocycles. The molecule has 4 heteroatoms. The van der Waals surface area contributed by atoms with E-state index >= 15 is 0 Å². The van der Waals surface area contributed by atoms with Crippen LogP contribution in [0.3, 0.4) is 0 Å². The number of rotatable bonds is 3. The minimum atomic E-state index is -0.0852. The highest BCUT2D eigenvalue weighted by Gasteiger charge is 2.25. The van der Waals surface area contributed by atoms with Crippen LogP contribution in [0.2, 0.25) is 0 Å². The molecule has 2 unspecified atom stereocenters. The fourth-order valence-corrected chi connectivity index (χ4v) is 2.95. The smallest absolute Gasteiger partial charge is 0.272 e. The Morgan fingerprint density at radius 3 is 2.90 bits per heavy atom. The molecule has 0 fully saturated rings. The number of fused-ring (bicyclic) bond motifs is 1. The minimum absolute atomic E-state index is 0.0212. The molecule has 0 saturated heterocycles. The number of amides is 1. The number of nitrogens with one attached hydrogen (secondary N) is 2. The van der Waals surface area contributed by atoms with E-state index in [9.17, 15) is 4.79 Å². The monoisotopic (exact) mass is 283 g/mol. The van der Waals surface area contributed by atoms with Crippen molar-refractivity contribution in [2.45, 2.75) is 39.2 Å². The van der Waals surface area contributed by atoms with Crippen LogP contribution in [0, 0.1) is 5.92 Å². The lowest BCUT2D eigenvalue weighted by atomic mass is 9.87. The zero-order valence-electron chi connectivity index (χ0n) is 12.5. The Hall–Kier alpha value is -2.10. The average Bonchev–Trinajstić information content (AvgIpc) is 2.91. The van der Waals surface area contributed by atoms with Gasteiger partial charge in [-0.3, -0.25) is 9.89 Å². The number of hydrogen-bond acceptors (Lipinski definition) is 2. The Kier molecular flexibility index (Phi) is 3.78. The topological polar surface area (TPSA) is 57.8 Å². The molecule has 0 bridgehead atoms. The number of carbonyl (C=O) groups is 1. The lowest BCUT2D eigenvalue weighted by Crippen LogP contribution is -2.28. The standard InChI is InChI=1S/C17H21N3O/c1-11-8-9-15-14(10-11)16(20-19-15)17(21)18-12(2)13-6-4-3-5-7-13/h3-7,11-12H,8-10H2,1-2H3,(H,18,21)(H,19,20). The van der Waals surface area contributed by atoms with Crippen LogP contribution < -0.4 is 5.32 Å². The van der Waals surface area contributed by atoms with Gasteiger partial charge in [0.2, 0.25) is 0 Å². The number of carbonyl (C=O) groups excluding carboxylic acids is 1. The summed E-state index contributed by atoms with van der Waals surface area (Å²) in [5.41, 5.74) is 3.90. The van der Waals surface area contributed by atoms with Crippen molar-refractivity contribution in [1.82, 2.24) is 15.5 Å². The van der Waals surface area contributed by atoms with Crippen molar-refractivity contribution in [3.8, 4) is 0 Å². The van der Waals surface area contributed by atoms with Crippen molar-refractivity contribution in [3.63, 3.8) is 0 Å². The Balaban J connectivity index is 1.76. The summed E-state index contributed by atoms with van der Waals surface area (Å²) < 4.78 is 0. The van der Waals surface area contributed by atoms with E-state index in [-0.39, 0.29) is 11.9 Å². The molecule has 1 amide bonds. The Morgan fingerprint density at radius 1 is 1.38 bits per heavy atom. The van der Waals surface area contributed by atoms with Crippen LogP contribution >= 0.6 is 0 Å². The Labute approximate surface area is 125 Å². The molecular formula is C17H21N3O. The van der Waals surface area contributed by atoms with Crippen molar-refractivity contribution in [1.29, 1.82) is 0 Å². The molecule has 0 radical (unpaired) electrons. The quantitative estimate of drug-likeness (QED) is 0.909. The van der Waals surface area contributed by atoms with E-state index in [1.165, 1.54) is 0 Å². The van der Waals surface area contributed by atoms with Crippen LogP contribution in [0.4, 0.5) is 0 Å². The number of nitrogens with zero attached hydrogens (tertiary/aromatic N) is 1. The first-order valence-corrected chi connectivity index (χ1v) is 7.57. The molecule has 2 aromatic rings. The summed E-state index contributed by atoms with van der Waals surface area (Å²) in [6.07, 6.45) is 3.09. The summed E-state index contributed by atoms with van der Waals surface area (Å²) >= 11 is 0. The van der Waals surface area contributed by atoms with Gasteiger partial charge >= 0.3 is 0 Å². The van der Waals surface area contributed by atoms with Gasteiger partial charge in [-0.1, -0.05) is 37.3 Å². The molecular weight excluding hydrogens is 262 g/mol. The SMILES string of the molecule is CC1CCc2[nH]nc(C(=O)NC(C)c3ccccc3)c2C1. The van der Waals surface area contributed by atoms with Gasteiger partial charge < -0.3 is 5.32 Å². The molecule has 1 heterocycles. The molecule has 1 aliphatic rings. The predicted molar refractivity (Wildman–Crippen MR) is 82.1 cm³/mol. The van der Waals surface area contributed by atoms with Gasteiger partial charge in [0.15, 0.2) is 5.69 Å². The van der Waals surface area contributed by atoms with Crippen molar-refractivity contribution in [3.05, 3.63) is 52.8 Å². The van der Waals surface area contributed by atoms with E-state index in [0.29, 0.717) is 11.6 Å². The van der Waals surface area contributed by atoms with Crippen molar-refractivity contribution >= 4 is 5.91 Å². The molecule has 1 aliphatic carbocycles. The number of hydrogen-bond donors (Lipinski definition) is 2. The van der Waals surface area contributed by atoms with Gasteiger partial charge in [-0.15, -0.1) is 0 Å². The van der Waals surface area contributed by atoms with Gasteiger partial charge in [0.25, 0.3) is 5.91 Å². The van der Waals surface area contributed by atoms with Crippen molar-refractivity contribution < 1.29 is 4.79 Å². The van der Waals surface area contributed by atoms with Crippen LogP contribution in [-0.4, -0.2) is 16.1 Å². The molecule has 0 saturated carbocycles. The van der Waals surface area contributed by atoms with Crippen LogP contribution in [0.1, 0.15) is 53.6 Å². The lowest BCUT2D eigenvalue weighted by molar-refractivity contribution is 0.0933. The van der Waals surface area contributed by atoms with Gasteiger partial charge in [0.05, 0.1) is 6.04 Å². The number of aromatic amines is 1. The molecule has 1 aromatic carbocycles. The first-order chi connectivity index (χ1) is 10.1. The van der Waals surface area contributed by atoms with Gasteiger partial charge in [0, 0.05) is 11.3 Å². The van der Waals surface area contributed by atoms with Crippen LogP contribution in [0.5, 0.6) is 0 Å². The highest BCUT2D eigenvalue weighted by Crippen LogP contribution is 2.26. The van der Waals surface area contributed by atoms with Gasteiger partial charge in [-0.2, -0.15) is 5.10 Å². The second-order valence-electron chi connectivity index (χ2n) is 5.98. The molecule has 0 spiro atoms. The highest BCUT2D eigenvalue weighted by atomic mass is 16.2. The second-order valence-corrected chi connectivity index (χ2v) is 5.98. The maximum Gasteiger partial charge on any atom is 0.272 e. The zero-order chi connectivity index (χ0) is 14.8. The average molecular weight is 283 g/mol. The van der Waals surface area contributed by atoms with E-state index in [1.807, 2.05) is 37.3 Å². The van der Waals surface area contributed by atoms with Crippen LogP contribution in [-0.2, 0) is 12.8 Å². The van der Waals surface area contributed by atoms with Crippen molar-refractivity contribution in [2.75, 3.05) is 0 Å². The second kappa shape index (κ2) is 5.72. The number of aryl methyl sites for hydroxylation is 1. The molecule has 4 nitrogen and oxygen atoms in total. The van der Waals surface area contributed by atoms with E-state index in [2.05, 4.69) is 22.4 Å². The fraction of sp³-hybridized carbons (Fsp3) is 0.412. The molecule has 1 aromatic heterocycles. The Bertz CT molecular complexity index is 633. The minimum Gasteiger partial charge on any atom is -0.344 e. The first kappa shape index (κ1) is 13.9. The summed E-state index contributed by atoms with van der Waals surface area (Å²) in [6.45, 7) is 4.22. The van der Waals surface area contributed by atoms with E-state index < -0.39 is 0 Å². The number of benzene rings is 1. The third-order valence-electron chi connectivity index (χ3n) is 4.25. The lowest BCUT2D eigenvalue weighted by Gasteiger charge is -2.19. The third-order valence-corrected chi connectivity index (χ3v) is 4.25. The normalized spacial score (nSPS) is 18.9. The molecule has 2 atom stereocenters. The first-order valence-electron chi connectivity index (χ1n) is 7.57. The molecule has 110 valence electrons. The summed E-state index contributed by atoms with van der Waals surface area (Å²) in [7, 11) is 0. The Morgan fingerprint density at radius 2 is 2.14 bits per heavy atom. The molecule has 21 heavy (non-hydrogen) atoms. The number of H-pyrrole nitrogens is 1. The van der Waals surface area contributed by atoms with Crippen LogP contribution in [0.25, 0.3) is 0 Å². The molecule has 3 rings (SSSR count). The van der Waals surface area contributed by atoms with E-state index in [4.69, 9.17) is 0 Å². The zero-order valence-corrected chi connectivity index (χ0v) is 12.5. The summed E-state index contributed by atoms with van der Waals surface area (Å²) in [4.78, 5) is 12.5. The largest absolute Gasteiger partial charge is 0.344 e.